The highest BCUT2D eigenvalue weighted by Gasteiger charge is 2.31. The van der Waals surface area contributed by atoms with Gasteiger partial charge in [0.25, 0.3) is 0 Å². The number of rotatable bonds is 4. The van der Waals surface area contributed by atoms with Crippen molar-refractivity contribution in [2.24, 2.45) is 0 Å². The largest absolute Gasteiger partial charge is 0.426 e. The van der Waals surface area contributed by atoms with Crippen LogP contribution in [0.15, 0.2) is 24.0 Å². The second-order valence-corrected chi connectivity index (χ2v) is 6.64. The van der Waals surface area contributed by atoms with Gasteiger partial charge in [0, 0.05) is 6.42 Å². The molecular weight excluding hydrogens is 211 g/mol. The summed E-state index contributed by atoms with van der Waals surface area (Å²) in [5.74, 6) is 0.795. The molecule has 0 saturated heterocycles. The van der Waals surface area contributed by atoms with Gasteiger partial charge in [-0.15, -0.1) is 0 Å². The van der Waals surface area contributed by atoms with E-state index in [2.05, 4.69) is 6.08 Å². The molecule has 0 radical (unpaired) electrons. The number of nitrogens with zero attached hydrogens (tertiary/aromatic N) is 2. The van der Waals surface area contributed by atoms with Crippen molar-refractivity contribution >= 4 is 7.67 Å². The second-order valence-electron chi connectivity index (χ2n) is 3.88. The Bertz CT molecular complexity index is 309. The van der Waals surface area contributed by atoms with Gasteiger partial charge in [-0.2, -0.15) is 0 Å². The molecule has 1 aliphatic carbocycles. The average molecular weight is 230 g/mol. The van der Waals surface area contributed by atoms with E-state index in [4.69, 9.17) is 4.52 Å². The molecule has 86 valence electrons. The molecule has 0 atom stereocenters. The van der Waals surface area contributed by atoms with E-state index in [0.717, 1.165) is 18.6 Å². The predicted octanol–water partition coefficient (Wildman–Crippen LogP) is 2.47. The lowest BCUT2D eigenvalue weighted by Gasteiger charge is -2.30. The first kappa shape index (κ1) is 12.5. The van der Waals surface area contributed by atoms with E-state index in [9.17, 15) is 4.57 Å². The number of hydrogen-bond acceptors (Lipinski definition) is 2. The Morgan fingerprint density at radius 2 is 1.87 bits per heavy atom. The summed E-state index contributed by atoms with van der Waals surface area (Å²) in [6.07, 6.45) is 7.66. The standard InChI is InChI=1S/C10H19N2O2P/c1-11(2)15(13,12(3)4)14-10-8-6-5-7-9-10/h5-6,8H,7,9H2,1-4H3. The summed E-state index contributed by atoms with van der Waals surface area (Å²) in [5.41, 5.74) is 0. The highest BCUT2D eigenvalue weighted by Crippen LogP contribution is 2.52. The topological polar surface area (TPSA) is 32.8 Å². The van der Waals surface area contributed by atoms with Crippen LogP contribution in [0.5, 0.6) is 0 Å². The normalized spacial score (nSPS) is 17.1. The van der Waals surface area contributed by atoms with Crippen molar-refractivity contribution in [3.05, 3.63) is 24.0 Å². The molecule has 4 nitrogen and oxygen atoms in total. The van der Waals surface area contributed by atoms with E-state index in [1.54, 1.807) is 37.5 Å². The van der Waals surface area contributed by atoms with Gasteiger partial charge in [-0.3, -0.25) is 0 Å². The Morgan fingerprint density at radius 1 is 1.27 bits per heavy atom. The van der Waals surface area contributed by atoms with Crippen molar-refractivity contribution in [2.75, 3.05) is 28.2 Å². The van der Waals surface area contributed by atoms with Crippen molar-refractivity contribution in [2.45, 2.75) is 12.8 Å². The van der Waals surface area contributed by atoms with Crippen molar-refractivity contribution < 1.29 is 9.09 Å². The highest BCUT2D eigenvalue weighted by molar-refractivity contribution is 7.53. The summed E-state index contributed by atoms with van der Waals surface area (Å²) in [6.45, 7) is 0. The summed E-state index contributed by atoms with van der Waals surface area (Å²) in [4.78, 5) is 0. The lowest BCUT2D eigenvalue weighted by atomic mass is 10.2. The summed E-state index contributed by atoms with van der Waals surface area (Å²) >= 11 is 0. The minimum Gasteiger partial charge on any atom is -0.426 e. The molecule has 0 fully saturated rings. The molecule has 1 rings (SSSR count). The van der Waals surface area contributed by atoms with Gasteiger partial charge in [0.15, 0.2) is 0 Å². The maximum atomic E-state index is 12.4. The second kappa shape index (κ2) is 4.97. The van der Waals surface area contributed by atoms with E-state index < -0.39 is 7.67 Å². The van der Waals surface area contributed by atoms with Gasteiger partial charge in [0.1, 0.15) is 5.76 Å². The first-order chi connectivity index (χ1) is 6.97. The fourth-order valence-corrected chi connectivity index (χ4v) is 2.83. The molecule has 0 heterocycles. The monoisotopic (exact) mass is 230 g/mol. The highest BCUT2D eigenvalue weighted by atomic mass is 31.2. The first-order valence-corrected chi connectivity index (χ1v) is 6.51. The van der Waals surface area contributed by atoms with Gasteiger partial charge in [0.05, 0.1) is 0 Å². The molecule has 0 bridgehead atoms. The van der Waals surface area contributed by atoms with Gasteiger partial charge in [-0.05, 0) is 40.7 Å². The zero-order valence-corrected chi connectivity index (χ0v) is 10.7. The zero-order chi connectivity index (χ0) is 11.5. The van der Waals surface area contributed by atoms with E-state index in [1.165, 1.54) is 0 Å². The van der Waals surface area contributed by atoms with E-state index >= 15 is 0 Å². The van der Waals surface area contributed by atoms with E-state index in [-0.39, 0.29) is 0 Å². The lowest BCUT2D eigenvalue weighted by Crippen LogP contribution is -2.22. The summed E-state index contributed by atoms with van der Waals surface area (Å²) < 4.78 is 21.3. The van der Waals surface area contributed by atoms with Crippen LogP contribution in [0, 0.1) is 0 Å². The van der Waals surface area contributed by atoms with Crippen LogP contribution < -0.4 is 0 Å². The van der Waals surface area contributed by atoms with Crippen LogP contribution in [0.2, 0.25) is 0 Å². The molecule has 0 saturated carbocycles. The molecule has 5 heteroatoms. The maximum Gasteiger partial charge on any atom is 0.394 e. The van der Waals surface area contributed by atoms with Crippen molar-refractivity contribution in [1.29, 1.82) is 0 Å². The summed E-state index contributed by atoms with van der Waals surface area (Å²) in [7, 11) is 4.19. The van der Waals surface area contributed by atoms with Gasteiger partial charge >= 0.3 is 7.67 Å². The van der Waals surface area contributed by atoms with E-state index in [0.29, 0.717) is 0 Å². The minimum atomic E-state index is -2.87. The number of allylic oxidation sites excluding steroid dienone is 4. The smallest absolute Gasteiger partial charge is 0.394 e. The molecule has 0 unspecified atom stereocenters. The van der Waals surface area contributed by atoms with Gasteiger partial charge in [-0.1, -0.05) is 12.2 Å². The van der Waals surface area contributed by atoms with Gasteiger partial charge in [-0.25, -0.2) is 13.9 Å². The fourth-order valence-electron chi connectivity index (χ4n) is 1.33. The summed E-state index contributed by atoms with van der Waals surface area (Å²) in [5, 5.41) is 0. The Morgan fingerprint density at radius 3 is 2.27 bits per heavy atom. The van der Waals surface area contributed by atoms with E-state index in [1.807, 2.05) is 12.2 Å². The quantitative estimate of drug-likeness (QED) is 0.694. The Hall–Kier alpha value is -0.570. The molecular formula is C10H19N2O2P. The zero-order valence-electron chi connectivity index (χ0n) is 9.80. The third-order valence-corrected chi connectivity index (χ3v) is 4.72. The first-order valence-electron chi connectivity index (χ1n) is 4.98. The van der Waals surface area contributed by atoms with Gasteiger partial charge in [0.2, 0.25) is 0 Å². The van der Waals surface area contributed by atoms with Crippen LogP contribution in [0.3, 0.4) is 0 Å². The molecule has 0 aromatic carbocycles. The van der Waals surface area contributed by atoms with Crippen molar-refractivity contribution in [1.82, 2.24) is 9.34 Å². The predicted molar refractivity (Wildman–Crippen MR) is 62.5 cm³/mol. The third kappa shape index (κ3) is 2.94. The molecule has 0 aromatic heterocycles. The van der Waals surface area contributed by atoms with Crippen molar-refractivity contribution in [3.63, 3.8) is 0 Å². The Labute approximate surface area is 91.8 Å². The van der Waals surface area contributed by atoms with Crippen LogP contribution in [-0.2, 0) is 9.09 Å². The molecule has 0 aromatic rings. The molecule has 0 amide bonds. The lowest BCUT2D eigenvalue weighted by molar-refractivity contribution is 0.295. The molecule has 0 spiro atoms. The molecule has 0 aliphatic heterocycles. The van der Waals surface area contributed by atoms with Crippen molar-refractivity contribution in [3.8, 4) is 0 Å². The van der Waals surface area contributed by atoms with Crippen LogP contribution in [0.4, 0.5) is 0 Å². The molecule has 1 aliphatic rings. The van der Waals surface area contributed by atoms with Crippen LogP contribution >= 0.6 is 7.67 Å². The maximum absolute atomic E-state index is 12.4. The average Bonchev–Trinajstić information content (AvgIpc) is 2.18. The summed E-state index contributed by atoms with van der Waals surface area (Å²) in [6, 6.07) is 0. The minimum absolute atomic E-state index is 0.795. The Kier molecular flexibility index (Phi) is 4.14. The number of hydrogen-bond donors (Lipinski definition) is 0. The fraction of sp³-hybridized carbons (Fsp3) is 0.600. The van der Waals surface area contributed by atoms with Gasteiger partial charge < -0.3 is 4.52 Å². The molecule has 15 heavy (non-hydrogen) atoms. The Balaban J connectivity index is 2.80. The van der Waals surface area contributed by atoms with Crippen LogP contribution in [0.25, 0.3) is 0 Å². The molecule has 0 N–H and O–H groups in total. The third-order valence-electron chi connectivity index (χ3n) is 2.22. The SMILES string of the molecule is CN(C)P(=O)(OC1=CC=CCC1)N(C)C. The van der Waals surface area contributed by atoms with Crippen LogP contribution in [-0.4, -0.2) is 37.5 Å². The van der Waals surface area contributed by atoms with Crippen LogP contribution in [0.1, 0.15) is 12.8 Å².